The van der Waals surface area contributed by atoms with E-state index in [0.717, 1.165) is 37.0 Å². The van der Waals surface area contributed by atoms with E-state index >= 15 is 0 Å². The summed E-state index contributed by atoms with van der Waals surface area (Å²) in [5.41, 5.74) is 3.37. The molecule has 1 aromatic rings. The average Bonchev–Trinajstić information content (AvgIpc) is 2.91. The first-order valence-corrected chi connectivity index (χ1v) is 7.59. The molecule has 0 radical (unpaired) electrons. The van der Waals surface area contributed by atoms with E-state index in [2.05, 4.69) is 6.92 Å². The fourth-order valence-corrected chi connectivity index (χ4v) is 2.85. The molecule has 1 aliphatic rings. The van der Waals surface area contributed by atoms with Gasteiger partial charge >= 0.3 is 0 Å². The quantitative estimate of drug-likeness (QED) is 0.539. The molecule has 2 rings (SSSR count). The van der Waals surface area contributed by atoms with Crippen LogP contribution in [-0.4, -0.2) is 18.4 Å². The predicted octanol–water partition coefficient (Wildman–Crippen LogP) is 3.51. The van der Waals surface area contributed by atoms with Crippen molar-refractivity contribution in [2.24, 2.45) is 0 Å². The highest BCUT2D eigenvalue weighted by Gasteiger charge is 2.18. The highest BCUT2D eigenvalue weighted by atomic mass is 16.5. The molecule has 0 spiro atoms. The largest absolute Gasteiger partial charge is 0.493 e. The third kappa shape index (κ3) is 4.07. The van der Waals surface area contributed by atoms with E-state index in [9.17, 15) is 4.79 Å². The molecule has 0 aromatic heterocycles. The lowest BCUT2D eigenvalue weighted by Gasteiger charge is -2.10. The summed E-state index contributed by atoms with van der Waals surface area (Å²) in [5, 5.41) is 0. The fraction of sp³-hybridized carbons (Fsp3) is 0.588. The maximum Gasteiger partial charge on any atom is 0.150 e. The average molecular weight is 278 g/mol. The normalized spacial score (nSPS) is 12.4. The lowest BCUT2D eigenvalue weighted by atomic mass is 9.94. The Kier molecular flexibility index (Phi) is 7.31. The van der Waals surface area contributed by atoms with Gasteiger partial charge in [-0.3, -0.25) is 4.79 Å². The van der Waals surface area contributed by atoms with Gasteiger partial charge in [-0.15, -0.1) is 0 Å². The SMILES string of the molecule is CCCCCCCCc1c(C=O)ccc2c1CCO2.O. The van der Waals surface area contributed by atoms with Gasteiger partial charge in [-0.2, -0.15) is 0 Å². The van der Waals surface area contributed by atoms with Crippen LogP contribution in [0.4, 0.5) is 0 Å². The fourth-order valence-electron chi connectivity index (χ4n) is 2.85. The molecule has 2 N–H and O–H groups in total. The number of unbranched alkanes of at least 4 members (excludes halogenated alkanes) is 5. The number of ether oxygens (including phenoxy) is 1. The number of carbonyl (C=O) groups is 1. The van der Waals surface area contributed by atoms with E-state index in [1.54, 1.807) is 0 Å². The monoisotopic (exact) mass is 278 g/mol. The molecule has 0 saturated heterocycles. The molecule has 0 aliphatic carbocycles. The van der Waals surface area contributed by atoms with Gasteiger partial charge < -0.3 is 10.2 Å². The molecule has 3 heteroatoms. The molecule has 0 amide bonds. The summed E-state index contributed by atoms with van der Waals surface area (Å²) >= 11 is 0. The molecular weight excluding hydrogens is 252 g/mol. The molecule has 1 aromatic carbocycles. The molecule has 20 heavy (non-hydrogen) atoms. The zero-order valence-electron chi connectivity index (χ0n) is 12.4. The van der Waals surface area contributed by atoms with Crippen LogP contribution in [0.1, 0.15) is 66.9 Å². The summed E-state index contributed by atoms with van der Waals surface area (Å²) in [7, 11) is 0. The van der Waals surface area contributed by atoms with Gasteiger partial charge in [-0.05, 0) is 30.5 Å². The van der Waals surface area contributed by atoms with Crippen molar-refractivity contribution in [3.05, 3.63) is 28.8 Å². The van der Waals surface area contributed by atoms with E-state index in [-0.39, 0.29) is 5.48 Å². The molecule has 1 heterocycles. The van der Waals surface area contributed by atoms with Gasteiger partial charge in [0.15, 0.2) is 0 Å². The number of hydrogen-bond acceptors (Lipinski definition) is 2. The molecular formula is C17H26O3. The Morgan fingerprint density at radius 3 is 2.65 bits per heavy atom. The predicted molar refractivity (Wildman–Crippen MR) is 81.7 cm³/mol. The highest BCUT2D eigenvalue weighted by Crippen LogP contribution is 2.31. The van der Waals surface area contributed by atoms with E-state index in [0.29, 0.717) is 0 Å². The van der Waals surface area contributed by atoms with E-state index in [1.165, 1.54) is 49.7 Å². The second kappa shape index (κ2) is 8.75. The Hall–Kier alpha value is -1.35. The van der Waals surface area contributed by atoms with Crippen molar-refractivity contribution < 1.29 is 15.0 Å². The second-order valence-corrected chi connectivity index (χ2v) is 5.34. The van der Waals surface area contributed by atoms with Gasteiger partial charge in [0, 0.05) is 17.5 Å². The van der Waals surface area contributed by atoms with Crippen LogP contribution in [0.15, 0.2) is 12.1 Å². The highest BCUT2D eigenvalue weighted by molar-refractivity contribution is 5.79. The summed E-state index contributed by atoms with van der Waals surface area (Å²) in [4.78, 5) is 11.2. The Balaban J connectivity index is 0.00000200. The molecule has 0 atom stereocenters. The number of hydrogen-bond donors (Lipinski definition) is 0. The van der Waals surface area contributed by atoms with Gasteiger partial charge in [-0.1, -0.05) is 39.0 Å². The van der Waals surface area contributed by atoms with Crippen LogP contribution in [0.2, 0.25) is 0 Å². The van der Waals surface area contributed by atoms with E-state index in [4.69, 9.17) is 4.74 Å². The number of fused-ring (bicyclic) bond motifs is 1. The minimum atomic E-state index is 0. The van der Waals surface area contributed by atoms with Gasteiger partial charge in [0.05, 0.1) is 6.61 Å². The summed E-state index contributed by atoms with van der Waals surface area (Å²) < 4.78 is 5.58. The Morgan fingerprint density at radius 1 is 1.15 bits per heavy atom. The topological polar surface area (TPSA) is 57.8 Å². The van der Waals surface area contributed by atoms with Crippen LogP contribution < -0.4 is 4.74 Å². The third-order valence-corrected chi connectivity index (χ3v) is 3.94. The third-order valence-electron chi connectivity index (χ3n) is 3.94. The summed E-state index contributed by atoms with van der Waals surface area (Å²) in [6, 6.07) is 3.85. The molecule has 1 aliphatic heterocycles. The second-order valence-electron chi connectivity index (χ2n) is 5.34. The molecule has 0 fully saturated rings. The van der Waals surface area contributed by atoms with Crippen LogP contribution >= 0.6 is 0 Å². The molecule has 112 valence electrons. The summed E-state index contributed by atoms with van der Waals surface area (Å²) in [6.45, 7) is 3.00. The smallest absolute Gasteiger partial charge is 0.150 e. The number of benzene rings is 1. The first-order chi connectivity index (χ1) is 9.36. The molecule has 0 saturated carbocycles. The molecule has 0 unspecified atom stereocenters. The van der Waals surface area contributed by atoms with Crippen LogP contribution in [0, 0.1) is 0 Å². The van der Waals surface area contributed by atoms with Crippen molar-refractivity contribution in [2.45, 2.75) is 58.3 Å². The van der Waals surface area contributed by atoms with Crippen molar-refractivity contribution in [1.29, 1.82) is 0 Å². The maximum atomic E-state index is 11.2. The minimum absolute atomic E-state index is 0. The first-order valence-electron chi connectivity index (χ1n) is 7.59. The first kappa shape index (κ1) is 16.7. The van der Waals surface area contributed by atoms with Gasteiger partial charge in [-0.25, -0.2) is 0 Å². The van der Waals surface area contributed by atoms with Crippen molar-refractivity contribution in [1.82, 2.24) is 0 Å². The van der Waals surface area contributed by atoms with Gasteiger partial charge in [0.1, 0.15) is 12.0 Å². The van der Waals surface area contributed by atoms with Crippen molar-refractivity contribution >= 4 is 6.29 Å². The maximum absolute atomic E-state index is 11.2. The van der Waals surface area contributed by atoms with Crippen molar-refractivity contribution in [2.75, 3.05) is 6.61 Å². The van der Waals surface area contributed by atoms with Crippen LogP contribution in [0.25, 0.3) is 0 Å². The summed E-state index contributed by atoms with van der Waals surface area (Å²) in [6.07, 6.45) is 10.7. The number of aldehydes is 1. The van der Waals surface area contributed by atoms with E-state index < -0.39 is 0 Å². The van der Waals surface area contributed by atoms with Crippen molar-refractivity contribution in [3.8, 4) is 5.75 Å². The standard InChI is InChI=1S/C17H24O2.H2O/c1-2-3-4-5-6-7-8-15-14(13-18)9-10-17-16(15)11-12-19-17;/h9-10,13H,2-8,11-12H2,1H3;1H2. The van der Waals surface area contributed by atoms with Gasteiger partial charge in [0.25, 0.3) is 0 Å². The van der Waals surface area contributed by atoms with E-state index in [1.807, 2.05) is 12.1 Å². The summed E-state index contributed by atoms with van der Waals surface area (Å²) in [5.74, 6) is 0.992. The van der Waals surface area contributed by atoms with Crippen LogP contribution in [0.3, 0.4) is 0 Å². The number of carbonyl (C=O) groups excluding carboxylic acids is 1. The van der Waals surface area contributed by atoms with Gasteiger partial charge in [0.2, 0.25) is 0 Å². The lowest BCUT2D eigenvalue weighted by Crippen LogP contribution is -1.98. The zero-order chi connectivity index (χ0) is 13.5. The Bertz CT molecular complexity index is 426. The Labute approximate surface area is 121 Å². The molecule has 0 bridgehead atoms. The lowest BCUT2D eigenvalue weighted by molar-refractivity contribution is 0.112. The molecule has 3 nitrogen and oxygen atoms in total. The number of rotatable bonds is 8. The Morgan fingerprint density at radius 2 is 1.90 bits per heavy atom. The van der Waals surface area contributed by atoms with Crippen molar-refractivity contribution in [3.63, 3.8) is 0 Å². The van der Waals surface area contributed by atoms with Crippen LogP contribution in [0.5, 0.6) is 5.75 Å². The minimum Gasteiger partial charge on any atom is -0.493 e. The van der Waals surface area contributed by atoms with Crippen LogP contribution in [-0.2, 0) is 12.8 Å². The zero-order valence-corrected chi connectivity index (χ0v) is 12.4.